The summed E-state index contributed by atoms with van der Waals surface area (Å²) in [6, 6.07) is 76.0. The molecule has 0 bridgehead atoms. The maximum atomic E-state index is 10.7. The van der Waals surface area contributed by atoms with Crippen molar-refractivity contribution in [2.24, 2.45) is 0 Å². The molecule has 5 heteroatoms. The third kappa shape index (κ3) is 7.54. The summed E-state index contributed by atoms with van der Waals surface area (Å²) in [5.41, 5.74) is 18.8. The molecule has 0 saturated heterocycles. The zero-order valence-corrected chi connectivity index (χ0v) is 35.9. The number of hydrogen-bond acceptors (Lipinski definition) is 4. The van der Waals surface area contributed by atoms with Gasteiger partial charge in [-0.05, 0) is 97.8 Å². The second-order valence-corrected chi connectivity index (χ2v) is 16.6. The zero-order chi connectivity index (χ0) is 43.9. The van der Waals surface area contributed by atoms with Gasteiger partial charge in [0.15, 0.2) is 0 Å². The van der Waals surface area contributed by atoms with Gasteiger partial charge >= 0.3 is 0 Å². The molecule has 0 unspecified atom stereocenters. The highest BCUT2D eigenvalue weighted by atomic mass is 15.0. The molecule has 0 amide bonds. The normalized spacial score (nSPS) is 11.2. The number of nitrogens with zero attached hydrogens (tertiary/aromatic N) is 5. The molecule has 11 rings (SSSR count). The van der Waals surface area contributed by atoms with Crippen LogP contribution in [-0.2, 0) is 0 Å². The third-order valence-electron chi connectivity index (χ3n) is 12.1. The SMILES string of the molecule is Cc1ccc2c(c1)c1cc(C)ccc1n2-c1cc(-c2cc(-c3cc(-c4ccccc4)nc(-c4ccccc4)c3)nc(-c3cc(-c4ccccc4)nc(-c4ccccc4)c3)c2)ccc1C#N. The molecule has 0 aliphatic rings. The first-order valence-corrected chi connectivity index (χ1v) is 21.8. The number of aryl methyl sites for hydroxylation is 2. The van der Waals surface area contributed by atoms with Crippen LogP contribution < -0.4 is 0 Å². The van der Waals surface area contributed by atoms with Gasteiger partial charge in [0.25, 0.3) is 0 Å². The second-order valence-electron chi connectivity index (χ2n) is 16.6. The van der Waals surface area contributed by atoms with E-state index >= 15 is 0 Å². The molecule has 11 aromatic rings. The van der Waals surface area contributed by atoms with Gasteiger partial charge in [-0.3, -0.25) is 0 Å². The summed E-state index contributed by atoms with van der Waals surface area (Å²) in [6.45, 7) is 4.25. The van der Waals surface area contributed by atoms with Crippen molar-refractivity contribution in [2.45, 2.75) is 13.8 Å². The molecule has 0 saturated carbocycles. The summed E-state index contributed by atoms with van der Waals surface area (Å²) in [4.78, 5) is 15.9. The minimum absolute atomic E-state index is 0.589. The molecule has 4 aromatic heterocycles. The molecule has 65 heavy (non-hydrogen) atoms. The summed E-state index contributed by atoms with van der Waals surface area (Å²) in [5, 5.41) is 13.0. The van der Waals surface area contributed by atoms with E-state index in [9.17, 15) is 5.26 Å². The van der Waals surface area contributed by atoms with Crippen molar-refractivity contribution >= 4 is 21.8 Å². The Bertz CT molecular complexity index is 3290. The summed E-state index contributed by atoms with van der Waals surface area (Å²) >= 11 is 0. The predicted molar refractivity (Wildman–Crippen MR) is 266 cm³/mol. The van der Waals surface area contributed by atoms with Crippen LogP contribution in [0, 0.1) is 25.2 Å². The number of fused-ring (bicyclic) bond motifs is 3. The lowest BCUT2D eigenvalue weighted by atomic mass is 9.96. The highest BCUT2D eigenvalue weighted by Gasteiger charge is 2.19. The average molecular weight is 832 g/mol. The lowest BCUT2D eigenvalue weighted by Crippen LogP contribution is -1.99. The molecule has 0 N–H and O–H groups in total. The van der Waals surface area contributed by atoms with Gasteiger partial charge in [-0.25, -0.2) is 15.0 Å². The first-order valence-electron chi connectivity index (χ1n) is 21.8. The topological polar surface area (TPSA) is 67.4 Å². The Balaban J connectivity index is 1.18. The first kappa shape index (κ1) is 39.1. The van der Waals surface area contributed by atoms with Crippen LogP contribution >= 0.6 is 0 Å². The van der Waals surface area contributed by atoms with Gasteiger partial charge in [-0.15, -0.1) is 0 Å². The van der Waals surface area contributed by atoms with Crippen LogP contribution in [0.5, 0.6) is 0 Å². The van der Waals surface area contributed by atoms with Gasteiger partial charge < -0.3 is 4.57 Å². The highest BCUT2D eigenvalue weighted by Crippen LogP contribution is 2.39. The Labute approximate surface area is 378 Å². The molecule has 0 atom stereocenters. The first-order chi connectivity index (χ1) is 32.0. The van der Waals surface area contributed by atoms with Crippen molar-refractivity contribution in [1.82, 2.24) is 19.5 Å². The lowest BCUT2D eigenvalue weighted by Gasteiger charge is -2.16. The van der Waals surface area contributed by atoms with Crippen molar-refractivity contribution in [3.63, 3.8) is 0 Å². The van der Waals surface area contributed by atoms with E-state index in [1.807, 2.05) is 78.9 Å². The van der Waals surface area contributed by atoms with Crippen LogP contribution in [0.4, 0.5) is 0 Å². The van der Waals surface area contributed by atoms with E-state index in [-0.39, 0.29) is 0 Å². The number of aromatic nitrogens is 4. The average Bonchev–Trinajstić information content (AvgIpc) is 3.68. The Morgan fingerprint density at radius 2 is 0.692 bits per heavy atom. The van der Waals surface area contributed by atoms with Crippen molar-refractivity contribution in [2.75, 3.05) is 0 Å². The molecular formula is C60H41N5. The van der Waals surface area contributed by atoms with Gasteiger partial charge in [0.2, 0.25) is 0 Å². The minimum Gasteiger partial charge on any atom is -0.308 e. The smallest absolute Gasteiger partial charge is 0.101 e. The van der Waals surface area contributed by atoms with Crippen LogP contribution in [0.25, 0.3) is 106 Å². The van der Waals surface area contributed by atoms with Crippen LogP contribution in [0.1, 0.15) is 16.7 Å². The summed E-state index contributed by atoms with van der Waals surface area (Å²) in [7, 11) is 0. The molecule has 0 spiro atoms. The van der Waals surface area contributed by atoms with E-state index < -0.39 is 0 Å². The van der Waals surface area contributed by atoms with E-state index in [0.29, 0.717) is 5.56 Å². The Morgan fingerprint density at radius 3 is 1.06 bits per heavy atom. The van der Waals surface area contributed by atoms with E-state index in [4.69, 9.17) is 15.0 Å². The standard InChI is InChI=1S/C60H41N5/c1-39-23-27-58-50(29-39)51-30-40(2)24-28-59(51)65(58)60-37-45(25-26-46(60)38-61)47-31-56(48-33-52(41-15-7-3-8-16-41)62-53(34-48)42-17-9-4-10-18-42)64-57(32-47)49-35-54(43-19-11-5-12-20-43)63-55(36-49)44-21-13-6-14-22-44/h3-37H,1-2H3. The van der Waals surface area contributed by atoms with Gasteiger partial charge in [-0.2, -0.15) is 5.26 Å². The molecule has 0 radical (unpaired) electrons. The van der Waals surface area contributed by atoms with Crippen LogP contribution in [-0.4, -0.2) is 19.5 Å². The van der Waals surface area contributed by atoms with Crippen molar-refractivity contribution in [3.05, 3.63) is 229 Å². The lowest BCUT2D eigenvalue weighted by molar-refractivity contribution is 1.17. The second kappa shape index (κ2) is 16.5. The molecule has 0 aliphatic carbocycles. The molecular weight excluding hydrogens is 791 g/mol. The molecule has 7 aromatic carbocycles. The van der Waals surface area contributed by atoms with Crippen molar-refractivity contribution < 1.29 is 0 Å². The van der Waals surface area contributed by atoms with Gasteiger partial charge in [0.05, 0.1) is 56.4 Å². The van der Waals surface area contributed by atoms with E-state index in [1.54, 1.807) is 0 Å². The summed E-state index contributed by atoms with van der Waals surface area (Å²) in [5.74, 6) is 0. The third-order valence-corrected chi connectivity index (χ3v) is 12.1. The van der Waals surface area contributed by atoms with Crippen molar-refractivity contribution in [3.8, 4) is 90.4 Å². The summed E-state index contributed by atoms with van der Waals surface area (Å²) in [6.07, 6.45) is 0. The van der Waals surface area contributed by atoms with E-state index in [0.717, 1.165) is 106 Å². The minimum atomic E-state index is 0.589. The fraction of sp³-hybridized carbons (Fsp3) is 0.0333. The molecule has 4 heterocycles. The molecule has 306 valence electrons. The monoisotopic (exact) mass is 831 g/mol. The quantitative estimate of drug-likeness (QED) is 0.153. The fourth-order valence-electron chi connectivity index (χ4n) is 8.88. The number of nitriles is 1. The Kier molecular flexibility index (Phi) is 9.95. The van der Waals surface area contributed by atoms with Gasteiger partial charge in [0, 0.05) is 44.2 Å². The molecule has 5 nitrogen and oxygen atoms in total. The van der Waals surface area contributed by atoms with E-state index in [2.05, 4.69) is 158 Å². The predicted octanol–water partition coefficient (Wildman–Crippen LogP) is 15.1. The largest absolute Gasteiger partial charge is 0.308 e. The van der Waals surface area contributed by atoms with Gasteiger partial charge in [-0.1, -0.05) is 151 Å². The van der Waals surface area contributed by atoms with Crippen LogP contribution in [0.15, 0.2) is 212 Å². The fourth-order valence-corrected chi connectivity index (χ4v) is 8.88. The Hall–Kier alpha value is -8.72. The number of hydrogen-bond donors (Lipinski definition) is 0. The van der Waals surface area contributed by atoms with Crippen LogP contribution in [0.3, 0.4) is 0 Å². The highest BCUT2D eigenvalue weighted by molar-refractivity contribution is 6.10. The van der Waals surface area contributed by atoms with E-state index in [1.165, 1.54) is 11.1 Å². The molecule has 0 fully saturated rings. The maximum absolute atomic E-state index is 10.7. The number of benzene rings is 7. The van der Waals surface area contributed by atoms with Crippen LogP contribution in [0.2, 0.25) is 0 Å². The van der Waals surface area contributed by atoms with Gasteiger partial charge in [0.1, 0.15) is 6.07 Å². The zero-order valence-electron chi connectivity index (χ0n) is 35.9. The Morgan fingerprint density at radius 1 is 0.338 bits per heavy atom. The van der Waals surface area contributed by atoms with Crippen molar-refractivity contribution in [1.29, 1.82) is 5.26 Å². The number of rotatable bonds is 8. The molecule has 0 aliphatic heterocycles. The maximum Gasteiger partial charge on any atom is 0.101 e. The summed E-state index contributed by atoms with van der Waals surface area (Å²) < 4.78 is 2.25. The number of pyridine rings is 3.